The van der Waals surface area contributed by atoms with E-state index in [1.165, 1.54) is 26.1 Å². The molecule has 0 saturated carbocycles. The fourth-order valence-corrected chi connectivity index (χ4v) is 2.20. The minimum absolute atomic E-state index is 0.630. The normalized spacial score (nSPS) is 27.9. The molecule has 1 fully saturated rings. The second kappa shape index (κ2) is 6.58. The third-order valence-electron chi connectivity index (χ3n) is 4.15. The number of nitrogens with one attached hydrogen (secondary N) is 1. The second-order valence-corrected chi connectivity index (χ2v) is 5.48. The summed E-state index contributed by atoms with van der Waals surface area (Å²) in [5.74, 6) is 0.770. The van der Waals surface area contributed by atoms with Gasteiger partial charge in [-0.3, -0.25) is 4.90 Å². The van der Waals surface area contributed by atoms with Crippen LogP contribution >= 0.6 is 0 Å². The first-order chi connectivity index (χ1) is 7.54. The molecule has 0 aromatic heterocycles. The van der Waals surface area contributed by atoms with E-state index in [1.807, 2.05) is 0 Å². The maximum Gasteiger partial charge on any atom is 0.0345 e. The Hall–Kier alpha value is -0.120. The van der Waals surface area contributed by atoms with Crippen molar-refractivity contribution in [3.05, 3.63) is 0 Å². The smallest absolute Gasteiger partial charge is 0.0345 e. The summed E-state index contributed by atoms with van der Waals surface area (Å²) in [6, 6.07) is 1.30. The number of hydrogen-bond donors (Lipinski definition) is 1. The van der Waals surface area contributed by atoms with Crippen molar-refractivity contribution in [2.45, 2.75) is 39.3 Å². The zero-order valence-electron chi connectivity index (χ0n) is 11.7. The van der Waals surface area contributed by atoms with Crippen LogP contribution in [0.4, 0.5) is 0 Å². The molecule has 0 aromatic rings. The van der Waals surface area contributed by atoms with Gasteiger partial charge in [-0.25, -0.2) is 0 Å². The standard InChI is InChI=1S/C13H29N3/c1-6-11(2)12(3)14-9-13-10-15(4)7-8-16(13)5/h11-14H,6-10H2,1-5H3. The van der Waals surface area contributed by atoms with E-state index in [1.54, 1.807) is 0 Å². The molecular formula is C13H29N3. The van der Waals surface area contributed by atoms with Crippen LogP contribution in [0.25, 0.3) is 0 Å². The van der Waals surface area contributed by atoms with Crippen molar-refractivity contribution in [2.75, 3.05) is 40.3 Å². The largest absolute Gasteiger partial charge is 0.312 e. The van der Waals surface area contributed by atoms with Crippen LogP contribution < -0.4 is 5.32 Å². The van der Waals surface area contributed by atoms with E-state index in [4.69, 9.17) is 0 Å². The van der Waals surface area contributed by atoms with E-state index < -0.39 is 0 Å². The summed E-state index contributed by atoms with van der Waals surface area (Å²) < 4.78 is 0. The van der Waals surface area contributed by atoms with Crippen LogP contribution in [0, 0.1) is 5.92 Å². The lowest BCUT2D eigenvalue weighted by Gasteiger charge is -2.38. The molecule has 3 unspecified atom stereocenters. The molecule has 0 radical (unpaired) electrons. The third kappa shape index (κ3) is 4.04. The molecule has 96 valence electrons. The molecule has 3 nitrogen and oxygen atoms in total. The lowest BCUT2D eigenvalue weighted by atomic mass is 10.0. The van der Waals surface area contributed by atoms with E-state index in [9.17, 15) is 0 Å². The van der Waals surface area contributed by atoms with Gasteiger partial charge in [0.15, 0.2) is 0 Å². The number of piperazine rings is 1. The van der Waals surface area contributed by atoms with Gasteiger partial charge in [0, 0.05) is 38.3 Å². The molecule has 1 rings (SSSR count). The molecular weight excluding hydrogens is 198 g/mol. The second-order valence-electron chi connectivity index (χ2n) is 5.48. The molecule has 0 aliphatic carbocycles. The van der Waals surface area contributed by atoms with Gasteiger partial charge in [-0.2, -0.15) is 0 Å². The van der Waals surface area contributed by atoms with E-state index in [-0.39, 0.29) is 0 Å². The van der Waals surface area contributed by atoms with Gasteiger partial charge in [0.2, 0.25) is 0 Å². The van der Waals surface area contributed by atoms with Crippen molar-refractivity contribution in [1.82, 2.24) is 15.1 Å². The first kappa shape index (κ1) is 13.9. The molecule has 0 aromatic carbocycles. The zero-order valence-corrected chi connectivity index (χ0v) is 11.7. The lowest BCUT2D eigenvalue weighted by molar-refractivity contribution is 0.110. The monoisotopic (exact) mass is 227 g/mol. The molecule has 0 bridgehead atoms. The molecule has 1 aliphatic heterocycles. The van der Waals surface area contributed by atoms with Crippen molar-refractivity contribution < 1.29 is 0 Å². The van der Waals surface area contributed by atoms with Gasteiger partial charge >= 0.3 is 0 Å². The fraction of sp³-hybridized carbons (Fsp3) is 1.00. The average Bonchev–Trinajstić information content (AvgIpc) is 2.28. The number of likely N-dealkylation sites (N-methyl/N-ethyl adjacent to an activating group) is 2. The quantitative estimate of drug-likeness (QED) is 0.763. The van der Waals surface area contributed by atoms with Gasteiger partial charge in [0.1, 0.15) is 0 Å². The molecule has 16 heavy (non-hydrogen) atoms. The zero-order chi connectivity index (χ0) is 12.1. The molecule has 1 N–H and O–H groups in total. The van der Waals surface area contributed by atoms with E-state index in [2.05, 4.69) is 50.0 Å². The van der Waals surface area contributed by atoms with Crippen molar-refractivity contribution in [2.24, 2.45) is 5.92 Å². The van der Waals surface area contributed by atoms with Crippen molar-refractivity contribution >= 4 is 0 Å². The molecule has 0 amide bonds. The summed E-state index contributed by atoms with van der Waals surface area (Å²) in [6.45, 7) is 11.6. The van der Waals surface area contributed by atoms with Crippen LogP contribution in [0.2, 0.25) is 0 Å². The van der Waals surface area contributed by atoms with Gasteiger partial charge in [-0.15, -0.1) is 0 Å². The number of hydrogen-bond acceptors (Lipinski definition) is 3. The van der Waals surface area contributed by atoms with Crippen LogP contribution in [-0.4, -0.2) is 62.2 Å². The molecule has 1 aliphatic rings. The first-order valence-corrected chi connectivity index (χ1v) is 6.66. The highest BCUT2D eigenvalue weighted by Crippen LogP contribution is 2.09. The summed E-state index contributed by atoms with van der Waals surface area (Å²) >= 11 is 0. The van der Waals surface area contributed by atoms with Gasteiger partial charge in [0.25, 0.3) is 0 Å². The van der Waals surface area contributed by atoms with Gasteiger partial charge in [-0.1, -0.05) is 20.3 Å². The fourth-order valence-electron chi connectivity index (χ4n) is 2.20. The molecule has 3 atom stereocenters. The maximum absolute atomic E-state index is 3.69. The number of nitrogens with zero attached hydrogens (tertiary/aromatic N) is 2. The minimum atomic E-state index is 0.630. The lowest BCUT2D eigenvalue weighted by Crippen LogP contribution is -2.55. The maximum atomic E-state index is 3.69. The van der Waals surface area contributed by atoms with Crippen molar-refractivity contribution in [3.63, 3.8) is 0 Å². The van der Waals surface area contributed by atoms with Crippen LogP contribution in [-0.2, 0) is 0 Å². The van der Waals surface area contributed by atoms with Crippen LogP contribution in [0.5, 0.6) is 0 Å². The van der Waals surface area contributed by atoms with E-state index >= 15 is 0 Å². The SMILES string of the molecule is CCC(C)C(C)NCC1CN(C)CCN1C. The Kier molecular flexibility index (Phi) is 5.73. The Morgan fingerprint density at radius 3 is 2.56 bits per heavy atom. The topological polar surface area (TPSA) is 18.5 Å². The summed E-state index contributed by atoms with van der Waals surface area (Å²) in [6.07, 6.45) is 1.26. The highest BCUT2D eigenvalue weighted by atomic mass is 15.3. The van der Waals surface area contributed by atoms with Gasteiger partial charge in [0.05, 0.1) is 0 Å². The van der Waals surface area contributed by atoms with Crippen LogP contribution in [0.3, 0.4) is 0 Å². The first-order valence-electron chi connectivity index (χ1n) is 6.66. The van der Waals surface area contributed by atoms with E-state index in [0.29, 0.717) is 12.1 Å². The van der Waals surface area contributed by atoms with Crippen LogP contribution in [0.15, 0.2) is 0 Å². The molecule has 0 spiro atoms. The van der Waals surface area contributed by atoms with Crippen molar-refractivity contribution in [1.29, 1.82) is 0 Å². The Labute approximate surface area is 101 Å². The molecule has 3 heteroatoms. The Balaban J connectivity index is 2.30. The van der Waals surface area contributed by atoms with E-state index in [0.717, 1.165) is 12.5 Å². The van der Waals surface area contributed by atoms with Gasteiger partial charge < -0.3 is 10.2 Å². The Morgan fingerprint density at radius 1 is 1.25 bits per heavy atom. The minimum Gasteiger partial charge on any atom is -0.312 e. The summed E-state index contributed by atoms with van der Waals surface area (Å²) in [5.41, 5.74) is 0. The predicted molar refractivity (Wildman–Crippen MR) is 70.8 cm³/mol. The van der Waals surface area contributed by atoms with Crippen molar-refractivity contribution in [3.8, 4) is 0 Å². The predicted octanol–water partition coefficient (Wildman–Crippen LogP) is 1.26. The summed E-state index contributed by atoms with van der Waals surface area (Å²) in [5, 5.41) is 3.69. The van der Waals surface area contributed by atoms with Gasteiger partial charge in [-0.05, 0) is 26.9 Å². The highest BCUT2D eigenvalue weighted by molar-refractivity contribution is 4.81. The highest BCUT2D eigenvalue weighted by Gasteiger charge is 2.22. The van der Waals surface area contributed by atoms with Crippen LogP contribution in [0.1, 0.15) is 27.2 Å². The molecule has 1 heterocycles. The Bertz CT molecular complexity index is 196. The third-order valence-corrected chi connectivity index (χ3v) is 4.15. The summed E-state index contributed by atoms with van der Waals surface area (Å²) in [7, 11) is 4.46. The summed E-state index contributed by atoms with van der Waals surface area (Å²) in [4.78, 5) is 4.91. The number of rotatable bonds is 5. The molecule has 1 saturated heterocycles. The average molecular weight is 227 g/mol. The Morgan fingerprint density at radius 2 is 1.94 bits per heavy atom.